The van der Waals surface area contributed by atoms with Gasteiger partial charge in [-0.25, -0.2) is 0 Å². The van der Waals surface area contributed by atoms with Gasteiger partial charge < -0.3 is 14.2 Å². The Balaban J connectivity index is 4.31. The molecule has 0 unspecified atom stereocenters. The topological polar surface area (TPSA) is 78.9 Å². The van der Waals surface area contributed by atoms with E-state index < -0.39 is 6.10 Å². The van der Waals surface area contributed by atoms with E-state index in [9.17, 15) is 14.4 Å². The molecule has 0 saturated carbocycles. The van der Waals surface area contributed by atoms with Gasteiger partial charge in [0, 0.05) is 19.3 Å². The van der Waals surface area contributed by atoms with E-state index in [-0.39, 0.29) is 31.1 Å². The average Bonchev–Trinajstić information content (AvgIpc) is 3.36. The maximum Gasteiger partial charge on any atom is 0.306 e. The number of carbonyl (C=O) groups is 3. The first kappa shape index (κ1) is 67.9. The molecule has 0 heterocycles. The first-order chi connectivity index (χ1) is 34.5. The summed E-state index contributed by atoms with van der Waals surface area (Å²) in [5.74, 6) is -0.847. The molecule has 0 N–H and O–H groups in total. The number of rotatable bonds is 58. The fourth-order valence-electron chi connectivity index (χ4n) is 9.44. The molecule has 0 aromatic carbocycles. The van der Waals surface area contributed by atoms with Crippen LogP contribution in [0.2, 0.25) is 0 Å². The molecule has 0 aliphatic heterocycles. The second kappa shape index (κ2) is 59.5. The second-order valence-electron chi connectivity index (χ2n) is 21.3. The van der Waals surface area contributed by atoms with Crippen molar-refractivity contribution in [2.24, 2.45) is 0 Å². The van der Waals surface area contributed by atoms with Gasteiger partial charge >= 0.3 is 17.9 Å². The minimum Gasteiger partial charge on any atom is -0.462 e. The zero-order valence-corrected chi connectivity index (χ0v) is 47.3. The van der Waals surface area contributed by atoms with E-state index in [0.29, 0.717) is 19.3 Å². The molecule has 0 amide bonds. The van der Waals surface area contributed by atoms with Crippen molar-refractivity contribution in [3.8, 4) is 0 Å². The van der Waals surface area contributed by atoms with Gasteiger partial charge in [-0.05, 0) is 70.6 Å². The van der Waals surface area contributed by atoms with Crippen molar-refractivity contribution < 1.29 is 28.6 Å². The van der Waals surface area contributed by atoms with Crippen molar-refractivity contribution in [2.45, 2.75) is 354 Å². The van der Waals surface area contributed by atoms with Gasteiger partial charge in [-0.15, -0.1) is 0 Å². The second-order valence-corrected chi connectivity index (χ2v) is 21.3. The first-order valence-corrected chi connectivity index (χ1v) is 31.3. The number of carbonyl (C=O) groups excluding carboxylic acids is 3. The van der Waals surface area contributed by atoms with Gasteiger partial charge in [0.15, 0.2) is 6.10 Å². The molecule has 0 radical (unpaired) electrons. The lowest BCUT2D eigenvalue weighted by Crippen LogP contribution is -2.30. The van der Waals surface area contributed by atoms with Crippen LogP contribution in [0.4, 0.5) is 0 Å². The van der Waals surface area contributed by atoms with Gasteiger partial charge in [0.05, 0.1) is 0 Å². The van der Waals surface area contributed by atoms with Gasteiger partial charge in [-0.1, -0.05) is 283 Å². The largest absolute Gasteiger partial charge is 0.462 e. The van der Waals surface area contributed by atoms with Crippen molar-refractivity contribution in [3.05, 3.63) is 24.3 Å². The Morgan fingerprint density at radius 1 is 0.271 bits per heavy atom. The predicted molar refractivity (Wildman–Crippen MR) is 303 cm³/mol. The van der Waals surface area contributed by atoms with Gasteiger partial charge in [0.1, 0.15) is 13.2 Å². The minimum absolute atomic E-state index is 0.0676. The molecule has 6 nitrogen and oxygen atoms in total. The number of esters is 3. The quantitative estimate of drug-likeness (QED) is 0.0261. The fourth-order valence-corrected chi connectivity index (χ4v) is 9.44. The highest BCUT2D eigenvalue weighted by atomic mass is 16.6. The Morgan fingerprint density at radius 3 is 0.714 bits per heavy atom. The smallest absolute Gasteiger partial charge is 0.306 e. The number of unbranched alkanes of at least 4 members (excludes halogenated alkanes) is 43. The van der Waals surface area contributed by atoms with E-state index in [0.717, 1.165) is 57.8 Å². The van der Waals surface area contributed by atoms with E-state index in [1.807, 2.05) is 0 Å². The van der Waals surface area contributed by atoms with Crippen LogP contribution in [-0.2, 0) is 28.6 Å². The van der Waals surface area contributed by atoms with E-state index in [1.54, 1.807) is 0 Å². The molecule has 1 atom stereocenters. The molecule has 412 valence electrons. The van der Waals surface area contributed by atoms with Crippen LogP contribution in [0.25, 0.3) is 0 Å². The van der Waals surface area contributed by atoms with Crippen molar-refractivity contribution in [1.29, 1.82) is 0 Å². The summed E-state index contributed by atoms with van der Waals surface area (Å²) in [5.41, 5.74) is 0. The van der Waals surface area contributed by atoms with Gasteiger partial charge in [-0.2, -0.15) is 0 Å². The lowest BCUT2D eigenvalue weighted by atomic mass is 10.0. The molecule has 0 aromatic rings. The summed E-state index contributed by atoms with van der Waals surface area (Å²) < 4.78 is 16.9. The third kappa shape index (κ3) is 56.8. The van der Waals surface area contributed by atoms with E-state index in [1.165, 1.54) is 250 Å². The van der Waals surface area contributed by atoms with Crippen molar-refractivity contribution in [1.82, 2.24) is 0 Å². The van der Waals surface area contributed by atoms with Crippen LogP contribution in [0.15, 0.2) is 24.3 Å². The molecule has 0 spiro atoms. The summed E-state index contributed by atoms with van der Waals surface area (Å²) in [6.07, 6.45) is 70.3. The normalized spacial score (nSPS) is 12.1. The Hall–Kier alpha value is -2.11. The van der Waals surface area contributed by atoms with Gasteiger partial charge in [0.25, 0.3) is 0 Å². The maximum atomic E-state index is 12.9. The summed E-state index contributed by atoms with van der Waals surface area (Å²) in [4.78, 5) is 38.3. The fraction of sp³-hybridized carbons (Fsp3) is 0.891. The molecule has 0 saturated heterocycles. The predicted octanol–water partition coefficient (Wildman–Crippen LogP) is 21.1. The Kier molecular flexibility index (Phi) is 57.7. The van der Waals surface area contributed by atoms with Crippen LogP contribution in [-0.4, -0.2) is 37.2 Å². The molecule has 6 heteroatoms. The van der Waals surface area contributed by atoms with Crippen LogP contribution < -0.4 is 0 Å². The Bertz CT molecular complexity index is 1130. The molecule has 0 rings (SSSR count). The molecular formula is C64H120O6. The van der Waals surface area contributed by atoms with E-state index in [4.69, 9.17) is 14.2 Å². The van der Waals surface area contributed by atoms with Gasteiger partial charge in [-0.3, -0.25) is 14.4 Å². The van der Waals surface area contributed by atoms with Crippen LogP contribution in [0, 0.1) is 0 Å². The summed E-state index contributed by atoms with van der Waals surface area (Å²) >= 11 is 0. The standard InChI is InChI=1S/C64H120O6/c1-4-7-10-13-16-19-22-25-28-30-32-34-36-39-42-45-48-51-54-57-63(66)69-60-61(59-68-62(65)56-53-50-47-44-41-38-27-24-21-18-15-12-9-6-3)70-64(67)58-55-52-49-46-43-40-37-35-33-31-29-26-23-20-17-14-11-8-5-2/h25-26,28-29,61H,4-24,27,30-60H2,1-3H3/b28-25+,29-26+/t61-/m1/s1. The number of allylic oxidation sites excluding steroid dienone is 4. The van der Waals surface area contributed by atoms with Crippen molar-refractivity contribution in [3.63, 3.8) is 0 Å². The third-order valence-corrected chi connectivity index (χ3v) is 14.2. The molecular weight excluding hydrogens is 865 g/mol. The number of hydrogen-bond donors (Lipinski definition) is 0. The monoisotopic (exact) mass is 985 g/mol. The highest BCUT2D eigenvalue weighted by Gasteiger charge is 2.19. The summed E-state index contributed by atoms with van der Waals surface area (Å²) in [6.45, 7) is 6.69. The summed E-state index contributed by atoms with van der Waals surface area (Å²) in [6, 6.07) is 0. The average molecular weight is 986 g/mol. The lowest BCUT2D eigenvalue weighted by molar-refractivity contribution is -0.167. The zero-order chi connectivity index (χ0) is 50.7. The van der Waals surface area contributed by atoms with E-state index >= 15 is 0 Å². The molecule has 0 aromatic heterocycles. The lowest BCUT2D eigenvalue weighted by Gasteiger charge is -2.18. The highest BCUT2D eigenvalue weighted by Crippen LogP contribution is 2.17. The van der Waals surface area contributed by atoms with E-state index in [2.05, 4.69) is 45.1 Å². The molecule has 0 fully saturated rings. The molecule has 0 bridgehead atoms. The van der Waals surface area contributed by atoms with Crippen molar-refractivity contribution in [2.75, 3.05) is 13.2 Å². The van der Waals surface area contributed by atoms with Gasteiger partial charge in [0.2, 0.25) is 0 Å². The first-order valence-electron chi connectivity index (χ1n) is 31.3. The zero-order valence-electron chi connectivity index (χ0n) is 47.3. The van der Waals surface area contributed by atoms with Crippen molar-refractivity contribution >= 4 is 17.9 Å². The third-order valence-electron chi connectivity index (χ3n) is 14.2. The Morgan fingerprint density at radius 2 is 0.471 bits per heavy atom. The highest BCUT2D eigenvalue weighted by molar-refractivity contribution is 5.71. The van der Waals surface area contributed by atoms with Crippen LogP contribution in [0.5, 0.6) is 0 Å². The number of hydrogen-bond acceptors (Lipinski definition) is 6. The molecule has 70 heavy (non-hydrogen) atoms. The van der Waals surface area contributed by atoms with Crippen LogP contribution >= 0.6 is 0 Å². The molecule has 0 aliphatic rings. The molecule has 0 aliphatic carbocycles. The SMILES string of the molecule is CCCCCCCC/C=C/CCCCCCCCCCCC(=O)OC[C@@H](COC(=O)CCCCCCCCCCCCCCCC)OC(=O)CCCCCCCCCCC/C=C/CCCCCCCC. The Labute approximate surface area is 436 Å². The number of ether oxygens (including phenoxy) is 3. The minimum atomic E-state index is -0.770. The summed E-state index contributed by atoms with van der Waals surface area (Å²) in [5, 5.41) is 0. The maximum absolute atomic E-state index is 12.9. The van der Waals surface area contributed by atoms with Crippen LogP contribution in [0.3, 0.4) is 0 Å². The van der Waals surface area contributed by atoms with Crippen LogP contribution in [0.1, 0.15) is 348 Å². The summed E-state index contributed by atoms with van der Waals surface area (Å²) in [7, 11) is 0.